The lowest BCUT2D eigenvalue weighted by Gasteiger charge is -2.15. The van der Waals surface area contributed by atoms with Crippen LogP contribution in [0, 0.1) is 0 Å². The first kappa shape index (κ1) is 18.3. The molecule has 0 spiro atoms. The van der Waals surface area contributed by atoms with Crippen molar-refractivity contribution < 1.29 is 9.59 Å². The number of anilines is 1. The topological polar surface area (TPSA) is 84.0 Å². The smallest absolute Gasteiger partial charge is 0.251 e. The average molecular weight is 338 g/mol. The van der Waals surface area contributed by atoms with Crippen LogP contribution in [-0.4, -0.2) is 28.8 Å². The van der Waals surface area contributed by atoms with Gasteiger partial charge in [0.05, 0.1) is 18.1 Å². The molecule has 6 nitrogen and oxygen atoms in total. The first-order valence-electron chi connectivity index (χ1n) is 7.93. The Hall–Kier alpha value is -3.02. The monoisotopic (exact) mass is 338 g/mol. The summed E-state index contributed by atoms with van der Waals surface area (Å²) in [6, 6.07) is 6.95. The van der Waals surface area contributed by atoms with Crippen LogP contribution in [-0.2, 0) is 10.2 Å². The Morgan fingerprint density at radius 1 is 1.04 bits per heavy atom. The molecule has 1 aromatic carbocycles. The van der Waals surface area contributed by atoms with Gasteiger partial charge in [-0.3, -0.25) is 9.59 Å². The largest absolute Gasteiger partial charge is 0.355 e. The highest BCUT2D eigenvalue weighted by molar-refractivity contribution is 6.01. The molecular weight excluding hydrogens is 316 g/mol. The fourth-order valence-corrected chi connectivity index (χ4v) is 2.03. The fraction of sp³-hybridized carbons (Fsp3) is 0.263. The highest BCUT2D eigenvalue weighted by Crippen LogP contribution is 2.18. The summed E-state index contributed by atoms with van der Waals surface area (Å²) >= 11 is 0. The Balaban J connectivity index is 1.97. The number of nitrogens with zero attached hydrogens (tertiary/aromatic N) is 2. The number of hydrogen-bond donors (Lipinski definition) is 2. The maximum Gasteiger partial charge on any atom is 0.251 e. The van der Waals surface area contributed by atoms with E-state index >= 15 is 0 Å². The van der Waals surface area contributed by atoms with Gasteiger partial charge >= 0.3 is 0 Å². The summed E-state index contributed by atoms with van der Waals surface area (Å²) in [6.07, 6.45) is 6.29. The van der Waals surface area contributed by atoms with E-state index in [0.29, 0.717) is 11.3 Å². The van der Waals surface area contributed by atoms with Crippen LogP contribution in [0.4, 0.5) is 5.69 Å². The van der Waals surface area contributed by atoms with Gasteiger partial charge in [0.2, 0.25) is 5.91 Å². The lowest BCUT2D eigenvalue weighted by molar-refractivity contribution is -0.111. The van der Waals surface area contributed by atoms with Crippen LogP contribution in [0.1, 0.15) is 42.5 Å². The van der Waals surface area contributed by atoms with Crippen LogP contribution in [0.5, 0.6) is 0 Å². The number of hydrogen-bond acceptors (Lipinski definition) is 4. The standard InChI is InChI=1S/C19H22N4O2/c1-19(2,3)18-21-11-15(12-22-18)23-16(24)10-7-13-5-8-14(9-6-13)17(25)20-4/h5-12H,1-4H3,(H,20,25)(H,23,24). The molecule has 0 fully saturated rings. The van der Waals surface area contributed by atoms with Crippen molar-refractivity contribution in [2.24, 2.45) is 0 Å². The zero-order valence-electron chi connectivity index (χ0n) is 14.8. The highest BCUT2D eigenvalue weighted by Gasteiger charge is 2.16. The van der Waals surface area contributed by atoms with Gasteiger partial charge in [-0.1, -0.05) is 32.9 Å². The van der Waals surface area contributed by atoms with Gasteiger partial charge < -0.3 is 10.6 Å². The molecule has 0 saturated heterocycles. The first-order valence-corrected chi connectivity index (χ1v) is 7.93. The van der Waals surface area contributed by atoms with Gasteiger partial charge in [0.15, 0.2) is 0 Å². The summed E-state index contributed by atoms with van der Waals surface area (Å²) in [6.45, 7) is 6.08. The van der Waals surface area contributed by atoms with E-state index in [1.807, 2.05) is 20.8 Å². The van der Waals surface area contributed by atoms with E-state index in [4.69, 9.17) is 0 Å². The normalized spacial score (nSPS) is 11.4. The Morgan fingerprint density at radius 2 is 1.64 bits per heavy atom. The average Bonchev–Trinajstić information content (AvgIpc) is 2.59. The second-order valence-electron chi connectivity index (χ2n) is 6.57. The molecule has 2 aromatic rings. The minimum absolute atomic E-state index is 0.136. The van der Waals surface area contributed by atoms with Crippen molar-refractivity contribution in [3.05, 3.63) is 59.7 Å². The second kappa shape index (κ2) is 7.70. The van der Waals surface area contributed by atoms with E-state index in [1.165, 1.54) is 6.08 Å². The highest BCUT2D eigenvalue weighted by atomic mass is 16.2. The third kappa shape index (κ3) is 5.24. The molecular formula is C19H22N4O2. The van der Waals surface area contributed by atoms with Crippen molar-refractivity contribution >= 4 is 23.6 Å². The molecule has 1 aromatic heterocycles. The van der Waals surface area contributed by atoms with Crippen LogP contribution in [0.15, 0.2) is 42.7 Å². The number of amides is 2. The minimum atomic E-state index is -0.275. The molecule has 130 valence electrons. The number of carbonyl (C=O) groups is 2. The lowest BCUT2D eigenvalue weighted by Crippen LogP contribution is -2.17. The van der Waals surface area contributed by atoms with E-state index < -0.39 is 0 Å². The molecule has 6 heteroatoms. The number of carbonyl (C=O) groups excluding carboxylic acids is 2. The van der Waals surface area contributed by atoms with Gasteiger partial charge in [0.25, 0.3) is 5.91 Å². The molecule has 0 aliphatic heterocycles. The third-order valence-corrected chi connectivity index (χ3v) is 3.42. The summed E-state index contributed by atoms with van der Waals surface area (Å²) in [4.78, 5) is 32.0. The fourth-order valence-electron chi connectivity index (χ4n) is 2.03. The van der Waals surface area contributed by atoms with Gasteiger partial charge in [-0.25, -0.2) is 9.97 Å². The molecule has 0 aliphatic carbocycles. The van der Waals surface area contributed by atoms with E-state index in [9.17, 15) is 9.59 Å². The van der Waals surface area contributed by atoms with Gasteiger partial charge in [-0.2, -0.15) is 0 Å². The molecule has 25 heavy (non-hydrogen) atoms. The first-order chi connectivity index (χ1) is 11.8. The summed E-state index contributed by atoms with van der Waals surface area (Å²) in [5.74, 6) is 0.298. The maximum atomic E-state index is 12.0. The summed E-state index contributed by atoms with van der Waals surface area (Å²) in [7, 11) is 1.58. The molecule has 0 unspecified atom stereocenters. The third-order valence-electron chi connectivity index (χ3n) is 3.42. The zero-order valence-corrected chi connectivity index (χ0v) is 14.8. The van der Waals surface area contributed by atoms with E-state index in [1.54, 1.807) is 49.8 Å². The second-order valence-corrected chi connectivity index (χ2v) is 6.57. The number of nitrogens with one attached hydrogen (secondary N) is 2. The SMILES string of the molecule is CNC(=O)c1ccc(C=CC(=O)Nc2cnc(C(C)(C)C)nc2)cc1. The molecule has 0 bridgehead atoms. The minimum Gasteiger partial charge on any atom is -0.355 e. The van der Waals surface area contributed by atoms with Gasteiger partial charge in [0, 0.05) is 24.1 Å². The summed E-state index contributed by atoms with van der Waals surface area (Å²) < 4.78 is 0. The molecule has 2 N–H and O–H groups in total. The number of rotatable bonds is 4. The Labute approximate surface area is 147 Å². The number of aromatic nitrogens is 2. The summed E-state index contributed by atoms with van der Waals surface area (Å²) in [5, 5.41) is 5.27. The van der Waals surface area contributed by atoms with Crippen molar-refractivity contribution in [2.75, 3.05) is 12.4 Å². The van der Waals surface area contributed by atoms with E-state index in [-0.39, 0.29) is 17.2 Å². The Morgan fingerprint density at radius 3 is 2.16 bits per heavy atom. The van der Waals surface area contributed by atoms with E-state index in [2.05, 4.69) is 20.6 Å². The van der Waals surface area contributed by atoms with Gasteiger partial charge in [-0.15, -0.1) is 0 Å². The van der Waals surface area contributed by atoms with Crippen molar-refractivity contribution in [1.82, 2.24) is 15.3 Å². The van der Waals surface area contributed by atoms with Gasteiger partial charge in [-0.05, 0) is 23.8 Å². The van der Waals surface area contributed by atoms with Crippen molar-refractivity contribution in [2.45, 2.75) is 26.2 Å². The van der Waals surface area contributed by atoms with Crippen molar-refractivity contribution in [3.63, 3.8) is 0 Å². The van der Waals surface area contributed by atoms with Crippen LogP contribution in [0.25, 0.3) is 6.08 Å². The Bertz CT molecular complexity index is 773. The molecule has 2 rings (SSSR count). The quantitative estimate of drug-likeness (QED) is 0.840. The molecule has 0 atom stereocenters. The molecule has 2 amide bonds. The van der Waals surface area contributed by atoms with Crippen LogP contribution in [0.3, 0.4) is 0 Å². The van der Waals surface area contributed by atoms with Crippen LogP contribution in [0.2, 0.25) is 0 Å². The molecule has 1 heterocycles. The lowest BCUT2D eigenvalue weighted by atomic mass is 9.96. The van der Waals surface area contributed by atoms with Crippen molar-refractivity contribution in [1.29, 1.82) is 0 Å². The number of benzene rings is 1. The maximum absolute atomic E-state index is 12.0. The predicted molar refractivity (Wildman–Crippen MR) is 98.2 cm³/mol. The Kier molecular flexibility index (Phi) is 5.64. The molecule has 0 saturated carbocycles. The van der Waals surface area contributed by atoms with Crippen LogP contribution < -0.4 is 10.6 Å². The van der Waals surface area contributed by atoms with Crippen LogP contribution >= 0.6 is 0 Å². The zero-order chi connectivity index (χ0) is 18.4. The molecule has 0 aliphatic rings. The molecule has 0 radical (unpaired) electrons. The summed E-state index contributed by atoms with van der Waals surface area (Å²) in [5.41, 5.74) is 1.79. The van der Waals surface area contributed by atoms with E-state index in [0.717, 1.165) is 11.4 Å². The predicted octanol–water partition coefficient (Wildman–Crippen LogP) is 2.79. The van der Waals surface area contributed by atoms with Crippen molar-refractivity contribution in [3.8, 4) is 0 Å². The van der Waals surface area contributed by atoms with Gasteiger partial charge in [0.1, 0.15) is 5.82 Å².